The van der Waals surface area contributed by atoms with Gasteiger partial charge in [-0.3, -0.25) is 14.5 Å². The van der Waals surface area contributed by atoms with Crippen molar-refractivity contribution in [3.05, 3.63) is 114 Å². The fourth-order valence-electron chi connectivity index (χ4n) is 4.52. The van der Waals surface area contributed by atoms with E-state index in [2.05, 4.69) is 0 Å². The Morgan fingerprint density at radius 3 is 2.38 bits per heavy atom. The molecule has 1 aliphatic heterocycles. The van der Waals surface area contributed by atoms with Gasteiger partial charge in [0.25, 0.3) is 11.7 Å². The van der Waals surface area contributed by atoms with Gasteiger partial charge in [0.1, 0.15) is 11.5 Å². The second-order valence-corrected chi connectivity index (χ2v) is 8.04. The molecule has 1 amide bonds. The molecule has 0 bridgehead atoms. The van der Waals surface area contributed by atoms with Crippen LogP contribution in [0.5, 0.6) is 5.75 Å². The van der Waals surface area contributed by atoms with Crippen molar-refractivity contribution in [3.8, 4) is 5.75 Å². The number of anilines is 1. The number of aliphatic hydroxyl groups excluding tert-OH is 1. The van der Waals surface area contributed by atoms with Crippen LogP contribution in [-0.4, -0.2) is 23.4 Å². The Balaban J connectivity index is 1.74. The summed E-state index contributed by atoms with van der Waals surface area (Å²) in [6.45, 7) is 2.36. The van der Waals surface area contributed by atoms with Crippen LogP contribution in [-0.2, 0) is 9.59 Å². The highest BCUT2D eigenvalue weighted by molar-refractivity contribution is 6.51. The molecular formula is C29H23NO4. The third kappa shape index (κ3) is 3.61. The third-order valence-corrected chi connectivity index (χ3v) is 6.01. The van der Waals surface area contributed by atoms with Gasteiger partial charge in [-0.05, 0) is 35.4 Å². The second-order valence-electron chi connectivity index (χ2n) is 8.04. The van der Waals surface area contributed by atoms with Crippen LogP contribution in [0.25, 0.3) is 16.5 Å². The molecule has 1 N–H and O–H groups in total. The number of rotatable bonds is 5. The van der Waals surface area contributed by atoms with Gasteiger partial charge in [0.15, 0.2) is 0 Å². The Bertz CT molecular complexity index is 1420. The number of nitrogens with zero attached hydrogens (tertiary/aromatic N) is 1. The Hall–Kier alpha value is -4.38. The van der Waals surface area contributed by atoms with Gasteiger partial charge in [-0.2, -0.15) is 0 Å². The van der Waals surface area contributed by atoms with Gasteiger partial charge in [0.05, 0.1) is 18.2 Å². The van der Waals surface area contributed by atoms with Crippen molar-refractivity contribution in [1.82, 2.24) is 0 Å². The van der Waals surface area contributed by atoms with E-state index in [-0.39, 0.29) is 11.3 Å². The molecule has 5 heteroatoms. The Kier molecular flexibility index (Phi) is 5.60. The monoisotopic (exact) mass is 449 g/mol. The molecular weight excluding hydrogens is 426 g/mol. The van der Waals surface area contributed by atoms with Crippen LogP contribution in [0.1, 0.15) is 24.1 Å². The summed E-state index contributed by atoms with van der Waals surface area (Å²) < 4.78 is 5.62. The van der Waals surface area contributed by atoms with Crippen LogP contribution in [0.3, 0.4) is 0 Å². The maximum Gasteiger partial charge on any atom is 0.300 e. The highest BCUT2D eigenvalue weighted by Gasteiger charge is 2.47. The first kappa shape index (κ1) is 21.5. The van der Waals surface area contributed by atoms with E-state index in [0.717, 1.165) is 16.3 Å². The summed E-state index contributed by atoms with van der Waals surface area (Å²) in [6.07, 6.45) is 0. The van der Waals surface area contributed by atoms with Gasteiger partial charge >= 0.3 is 0 Å². The number of amides is 1. The lowest BCUT2D eigenvalue weighted by Crippen LogP contribution is -2.29. The molecule has 0 aromatic heterocycles. The van der Waals surface area contributed by atoms with Crippen molar-refractivity contribution in [2.45, 2.75) is 13.0 Å². The molecule has 1 saturated heterocycles. The molecule has 1 fully saturated rings. The quantitative estimate of drug-likeness (QED) is 0.235. The number of hydrogen-bond donors (Lipinski definition) is 1. The number of Topliss-reactive ketones (excluding diaryl/α,β-unsaturated/α-hetero) is 1. The Morgan fingerprint density at radius 2 is 1.59 bits per heavy atom. The zero-order valence-corrected chi connectivity index (χ0v) is 18.6. The maximum absolute atomic E-state index is 13.4. The molecule has 0 radical (unpaired) electrons. The van der Waals surface area contributed by atoms with Crippen LogP contribution in [0.2, 0.25) is 0 Å². The lowest BCUT2D eigenvalue weighted by molar-refractivity contribution is -0.132. The van der Waals surface area contributed by atoms with Gasteiger partial charge < -0.3 is 9.84 Å². The summed E-state index contributed by atoms with van der Waals surface area (Å²) in [5, 5.41) is 13.2. The summed E-state index contributed by atoms with van der Waals surface area (Å²) >= 11 is 0. The van der Waals surface area contributed by atoms with Gasteiger partial charge in [-0.1, -0.05) is 78.9 Å². The minimum Gasteiger partial charge on any atom is -0.507 e. The molecule has 1 atom stereocenters. The highest BCUT2D eigenvalue weighted by Crippen LogP contribution is 2.43. The molecule has 1 aliphatic rings. The second kappa shape index (κ2) is 8.87. The highest BCUT2D eigenvalue weighted by atomic mass is 16.5. The molecule has 5 rings (SSSR count). The number of benzene rings is 4. The molecule has 168 valence electrons. The van der Waals surface area contributed by atoms with E-state index in [1.165, 1.54) is 4.90 Å². The smallest absolute Gasteiger partial charge is 0.300 e. The number of aliphatic hydroxyl groups is 1. The third-order valence-electron chi connectivity index (χ3n) is 6.01. The predicted molar refractivity (Wildman–Crippen MR) is 133 cm³/mol. The average molecular weight is 450 g/mol. The van der Waals surface area contributed by atoms with Crippen LogP contribution in [0, 0.1) is 0 Å². The van der Waals surface area contributed by atoms with Gasteiger partial charge in [-0.15, -0.1) is 0 Å². The fraction of sp³-hybridized carbons (Fsp3) is 0.103. The van der Waals surface area contributed by atoms with Crippen molar-refractivity contribution < 1.29 is 19.4 Å². The summed E-state index contributed by atoms with van der Waals surface area (Å²) in [5.41, 5.74) is 1.83. The lowest BCUT2D eigenvalue weighted by atomic mass is 9.93. The van der Waals surface area contributed by atoms with Crippen molar-refractivity contribution in [1.29, 1.82) is 0 Å². The SMILES string of the molecule is CCOc1cccc(N2C(=O)C(=O)/C(=C(\O)c3cccc4ccccc34)C2c2ccccc2)c1. The van der Waals surface area contributed by atoms with E-state index in [9.17, 15) is 14.7 Å². The number of carbonyl (C=O) groups is 2. The summed E-state index contributed by atoms with van der Waals surface area (Å²) in [4.78, 5) is 28.2. The molecule has 0 saturated carbocycles. The van der Waals surface area contributed by atoms with E-state index in [0.29, 0.717) is 23.6 Å². The number of ether oxygens (including phenoxy) is 1. The van der Waals surface area contributed by atoms with Gasteiger partial charge in [0.2, 0.25) is 0 Å². The number of hydrogen-bond acceptors (Lipinski definition) is 4. The molecule has 4 aromatic carbocycles. The average Bonchev–Trinajstić information content (AvgIpc) is 3.14. The maximum atomic E-state index is 13.4. The van der Waals surface area contributed by atoms with Gasteiger partial charge in [-0.25, -0.2) is 0 Å². The van der Waals surface area contributed by atoms with E-state index >= 15 is 0 Å². The topological polar surface area (TPSA) is 66.8 Å². The molecule has 1 heterocycles. The van der Waals surface area contributed by atoms with E-state index in [4.69, 9.17) is 4.74 Å². The Labute approximate surface area is 197 Å². The standard InChI is InChI=1S/C29H23NO4/c1-2-34-22-15-9-14-21(18-22)30-26(20-11-4-3-5-12-20)25(28(32)29(30)33)27(31)24-17-8-13-19-10-6-7-16-23(19)24/h3-18,26,31H,2H2,1H3/b27-25-. The molecule has 0 aliphatic carbocycles. The largest absolute Gasteiger partial charge is 0.507 e. The number of ketones is 1. The molecule has 5 nitrogen and oxygen atoms in total. The minimum atomic E-state index is -0.781. The van der Waals surface area contributed by atoms with Crippen LogP contribution in [0.4, 0.5) is 5.69 Å². The van der Waals surface area contributed by atoms with Crippen molar-refractivity contribution in [3.63, 3.8) is 0 Å². The van der Waals surface area contributed by atoms with Crippen LogP contribution in [0.15, 0.2) is 103 Å². The van der Waals surface area contributed by atoms with Crippen molar-refractivity contribution in [2.24, 2.45) is 0 Å². The predicted octanol–water partition coefficient (Wildman–Crippen LogP) is 5.86. The van der Waals surface area contributed by atoms with Crippen molar-refractivity contribution in [2.75, 3.05) is 11.5 Å². The van der Waals surface area contributed by atoms with E-state index in [1.54, 1.807) is 30.3 Å². The van der Waals surface area contributed by atoms with E-state index in [1.807, 2.05) is 73.7 Å². The molecule has 0 spiro atoms. The first-order valence-electron chi connectivity index (χ1n) is 11.2. The Morgan fingerprint density at radius 1 is 0.882 bits per heavy atom. The first-order valence-corrected chi connectivity index (χ1v) is 11.2. The van der Waals surface area contributed by atoms with Gasteiger partial charge in [0, 0.05) is 17.3 Å². The normalized spacial score (nSPS) is 17.3. The lowest BCUT2D eigenvalue weighted by Gasteiger charge is -2.26. The molecule has 34 heavy (non-hydrogen) atoms. The van der Waals surface area contributed by atoms with Crippen molar-refractivity contribution >= 4 is 33.9 Å². The van der Waals surface area contributed by atoms with Crippen LogP contribution >= 0.6 is 0 Å². The molecule has 4 aromatic rings. The summed E-state index contributed by atoms with van der Waals surface area (Å²) in [5.74, 6) is -0.999. The number of carbonyl (C=O) groups excluding carboxylic acids is 2. The zero-order chi connectivity index (χ0) is 23.7. The minimum absolute atomic E-state index is 0.0642. The summed E-state index contributed by atoms with van der Waals surface area (Å²) in [7, 11) is 0. The van der Waals surface area contributed by atoms with Crippen LogP contribution < -0.4 is 9.64 Å². The first-order chi connectivity index (χ1) is 16.6. The molecule has 1 unspecified atom stereocenters. The summed E-state index contributed by atoms with van der Waals surface area (Å²) in [6, 6.07) is 28.8. The fourth-order valence-corrected chi connectivity index (χ4v) is 4.52. The number of fused-ring (bicyclic) bond motifs is 1. The van der Waals surface area contributed by atoms with E-state index < -0.39 is 17.7 Å². The zero-order valence-electron chi connectivity index (χ0n) is 18.6.